The number of nitrogens with zero attached hydrogens (tertiary/aromatic N) is 2. The fraction of sp³-hybridized carbons (Fsp3) is 0.167. The fourth-order valence-corrected chi connectivity index (χ4v) is 3.29. The molecular formula is C18H15ClN2O3S. The van der Waals surface area contributed by atoms with Gasteiger partial charge < -0.3 is 9.84 Å². The molecule has 3 rings (SSSR count). The molecule has 2 aromatic rings. The maximum absolute atomic E-state index is 10.7. The summed E-state index contributed by atoms with van der Waals surface area (Å²) in [5, 5.41) is 18.3. The Kier molecular flexibility index (Phi) is 5.40. The number of carbonyl (C=O) groups is 1. The van der Waals surface area contributed by atoms with Gasteiger partial charge in [0.1, 0.15) is 10.8 Å². The second kappa shape index (κ2) is 7.72. The van der Waals surface area contributed by atoms with E-state index in [1.165, 1.54) is 11.8 Å². The molecule has 1 aliphatic heterocycles. The first-order chi connectivity index (χ1) is 12.0. The van der Waals surface area contributed by atoms with Crippen molar-refractivity contribution >= 4 is 40.1 Å². The number of aliphatic carboxylic acids is 1. The molecule has 0 saturated carbocycles. The van der Waals surface area contributed by atoms with Crippen molar-refractivity contribution in [1.29, 1.82) is 0 Å². The number of carboxylic acids is 1. The average Bonchev–Trinajstić information content (AvgIpc) is 3.08. The highest BCUT2D eigenvalue weighted by molar-refractivity contribution is 8.14. The molecule has 0 spiro atoms. The summed E-state index contributed by atoms with van der Waals surface area (Å²) in [5.41, 5.74) is 3.72. The number of rotatable bonds is 5. The Labute approximate surface area is 154 Å². The summed E-state index contributed by atoms with van der Waals surface area (Å²) in [4.78, 5) is 10.7. The summed E-state index contributed by atoms with van der Waals surface area (Å²) in [5.74, 6) is -0.177. The van der Waals surface area contributed by atoms with Crippen LogP contribution in [-0.4, -0.2) is 34.7 Å². The molecule has 0 radical (unpaired) electrons. The van der Waals surface area contributed by atoms with Gasteiger partial charge in [0, 0.05) is 11.4 Å². The minimum absolute atomic E-state index is 0.00994. The standard InChI is InChI=1S/C18H15ClN2O3S/c1-24-15-7-13(6-14(19)8-15)11-3-2-4-12(5-11)16-9-17(21-20-16)25-10-18(22)23/h2-8H,9-10H2,1H3,(H,22,23). The monoisotopic (exact) mass is 374 g/mol. The van der Waals surface area contributed by atoms with Crippen molar-refractivity contribution < 1.29 is 14.6 Å². The molecule has 1 N–H and O–H groups in total. The van der Waals surface area contributed by atoms with E-state index in [0.29, 0.717) is 22.2 Å². The van der Waals surface area contributed by atoms with E-state index in [4.69, 9.17) is 21.4 Å². The van der Waals surface area contributed by atoms with Crippen molar-refractivity contribution in [2.24, 2.45) is 10.2 Å². The highest BCUT2D eigenvalue weighted by atomic mass is 35.5. The molecule has 0 bridgehead atoms. The zero-order chi connectivity index (χ0) is 17.8. The van der Waals surface area contributed by atoms with Crippen molar-refractivity contribution in [2.75, 3.05) is 12.9 Å². The van der Waals surface area contributed by atoms with Crippen LogP contribution in [0.5, 0.6) is 5.75 Å². The molecular weight excluding hydrogens is 360 g/mol. The van der Waals surface area contributed by atoms with Crippen LogP contribution in [0, 0.1) is 0 Å². The van der Waals surface area contributed by atoms with Gasteiger partial charge in [-0.15, -0.1) is 5.10 Å². The summed E-state index contributed by atoms with van der Waals surface area (Å²) in [6, 6.07) is 13.5. The van der Waals surface area contributed by atoms with Crippen LogP contribution in [0.4, 0.5) is 0 Å². The van der Waals surface area contributed by atoms with E-state index >= 15 is 0 Å². The van der Waals surface area contributed by atoms with E-state index in [1.54, 1.807) is 13.2 Å². The third-order valence-corrected chi connectivity index (χ3v) is 4.77. The maximum Gasteiger partial charge on any atom is 0.313 e. The van der Waals surface area contributed by atoms with Crippen molar-refractivity contribution in [1.82, 2.24) is 0 Å². The van der Waals surface area contributed by atoms with Crippen molar-refractivity contribution in [3.05, 3.63) is 53.1 Å². The molecule has 7 heteroatoms. The molecule has 0 fully saturated rings. The minimum Gasteiger partial charge on any atom is -0.497 e. The molecule has 0 aliphatic carbocycles. The Bertz CT molecular complexity index is 880. The third-order valence-electron chi connectivity index (χ3n) is 3.60. The molecule has 0 unspecified atom stereocenters. The number of methoxy groups -OCH3 is 1. The van der Waals surface area contributed by atoms with Crippen LogP contribution in [0.3, 0.4) is 0 Å². The Morgan fingerprint density at radius 1 is 1.20 bits per heavy atom. The predicted octanol–water partition coefficient (Wildman–Crippen LogP) is 4.34. The molecule has 0 saturated heterocycles. The molecule has 25 heavy (non-hydrogen) atoms. The predicted molar refractivity (Wildman–Crippen MR) is 102 cm³/mol. The average molecular weight is 375 g/mol. The molecule has 0 amide bonds. The third kappa shape index (κ3) is 4.41. The van der Waals surface area contributed by atoms with Crippen LogP contribution >= 0.6 is 23.4 Å². The van der Waals surface area contributed by atoms with Gasteiger partial charge in [-0.3, -0.25) is 4.79 Å². The Hall–Kier alpha value is -2.31. The van der Waals surface area contributed by atoms with Crippen molar-refractivity contribution in [2.45, 2.75) is 6.42 Å². The van der Waals surface area contributed by atoms with Crippen molar-refractivity contribution in [3.63, 3.8) is 0 Å². The number of halogens is 1. The summed E-state index contributed by atoms with van der Waals surface area (Å²) in [6.07, 6.45) is 0.542. The van der Waals surface area contributed by atoms with Crippen LogP contribution in [0.25, 0.3) is 11.1 Å². The quantitative estimate of drug-likeness (QED) is 0.845. The first-order valence-corrected chi connectivity index (χ1v) is 8.85. The molecule has 128 valence electrons. The van der Waals surface area contributed by atoms with E-state index in [-0.39, 0.29) is 5.75 Å². The Balaban J connectivity index is 1.79. The normalized spacial score (nSPS) is 13.4. The summed E-state index contributed by atoms with van der Waals surface area (Å²) < 4.78 is 5.27. The summed E-state index contributed by atoms with van der Waals surface area (Å²) in [6.45, 7) is 0. The van der Waals surface area contributed by atoms with Gasteiger partial charge in [0.05, 0.1) is 18.6 Å². The smallest absolute Gasteiger partial charge is 0.313 e. The van der Waals surface area contributed by atoms with Gasteiger partial charge in [-0.05, 0) is 41.0 Å². The number of ether oxygens (including phenoxy) is 1. The highest BCUT2D eigenvalue weighted by Gasteiger charge is 2.16. The first-order valence-electron chi connectivity index (χ1n) is 7.48. The van der Waals surface area contributed by atoms with E-state index in [1.807, 2.05) is 36.4 Å². The highest BCUT2D eigenvalue weighted by Crippen LogP contribution is 2.29. The molecule has 1 heterocycles. The summed E-state index contributed by atoms with van der Waals surface area (Å²) in [7, 11) is 1.60. The van der Waals surface area contributed by atoms with Gasteiger partial charge in [0.15, 0.2) is 0 Å². The van der Waals surface area contributed by atoms with Crippen LogP contribution < -0.4 is 4.74 Å². The second-order valence-electron chi connectivity index (χ2n) is 5.36. The molecule has 5 nitrogen and oxygen atoms in total. The number of carboxylic acid groups (broad SMARTS) is 1. The van der Waals surface area contributed by atoms with Gasteiger partial charge >= 0.3 is 5.97 Å². The van der Waals surface area contributed by atoms with E-state index < -0.39 is 5.97 Å². The summed E-state index contributed by atoms with van der Waals surface area (Å²) >= 11 is 7.35. The lowest BCUT2D eigenvalue weighted by Crippen LogP contribution is -2.05. The van der Waals surface area contributed by atoms with Gasteiger partial charge in [-0.25, -0.2) is 0 Å². The number of hydrogen-bond acceptors (Lipinski definition) is 5. The van der Waals surface area contributed by atoms with Crippen LogP contribution in [0.15, 0.2) is 52.7 Å². The molecule has 1 aliphatic rings. The van der Waals surface area contributed by atoms with Crippen LogP contribution in [-0.2, 0) is 4.79 Å². The lowest BCUT2D eigenvalue weighted by atomic mass is 10.00. The molecule has 0 aromatic heterocycles. The minimum atomic E-state index is -0.863. The first kappa shape index (κ1) is 17.5. The van der Waals surface area contributed by atoms with E-state index in [9.17, 15) is 4.79 Å². The SMILES string of the molecule is COc1cc(Cl)cc(-c2cccc(C3=NN=C(SCC(=O)O)C3)c2)c1. The number of hydrogen-bond donors (Lipinski definition) is 1. The lowest BCUT2D eigenvalue weighted by Gasteiger charge is -2.08. The zero-order valence-electron chi connectivity index (χ0n) is 13.4. The largest absolute Gasteiger partial charge is 0.497 e. The van der Waals surface area contributed by atoms with E-state index in [2.05, 4.69) is 10.2 Å². The molecule has 0 atom stereocenters. The van der Waals surface area contributed by atoms with Crippen LogP contribution in [0.1, 0.15) is 12.0 Å². The number of benzene rings is 2. The van der Waals surface area contributed by atoms with Gasteiger partial charge in [-0.2, -0.15) is 5.10 Å². The van der Waals surface area contributed by atoms with Gasteiger partial charge in [0.25, 0.3) is 0 Å². The second-order valence-corrected chi connectivity index (χ2v) is 6.85. The Morgan fingerprint density at radius 3 is 2.76 bits per heavy atom. The fourth-order valence-electron chi connectivity index (χ4n) is 2.44. The zero-order valence-corrected chi connectivity index (χ0v) is 15.0. The number of thioether (sulfide) groups is 1. The lowest BCUT2D eigenvalue weighted by molar-refractivity contribution is -0.133. The van der Waals surface area contributed by atoms with E-state index in [0.717, 1.165) is 22.4 Å². The van der Waals surface area contributed by atoms with Gasteiger partial charge in [0.2, 0.25) is 0 Å². The maximum atomic E-state index is 10.7. The van der Waals surface area contributed by atoms with Crippen molar-refractivity contribution in [3.8, 4) is 16.9 Å². The van der Waals surface area contributed by atoms with Crippen LogP contribution in [0.2, 0.25) is 5.02 Å². The molecule has 2 aromatic carbocycles. The topological polar surface area (TPSA) is 71.2 Å². The van der Waals surface area contributed by atoms with Gasteiger partial charge in [-0.1, -0.05) is 41.6 Å². The Morgan fingerprint density at radius 2 is 2.00 bits per heavy atom.